The fraction of sp³-hybridized carbons (Fsp3) is 0.444. The first-order valence-electron chi connectivity index (χ1n) is 4.63. The molecule has 0 spiro atoms. The van der Waals surface area contributed by atoms with E-state index in [9.17, 15) is 0 Å². The summed E-state index contributed by atoms with van der Waals surface area (Å²) in [7, 11) is 4.23. The maximum absolute atomic E-state index is 4.31. The van der Waals surface area contributed by atoms with Crippen LogP contribution < -0.4 is 16.9 Å². The third kappa shape index (κ3) is 1.93. The zero-order chi connectivity index (χ0) is 10.2. The summed E-state index contributed by atoms with van der Waals surface area (Å²) in [6, 6.07) is 0. The first-order chi connectivity index (χ1) is 6.65. The Kier molecular flexibility index (Phi) is 3.26. The van der Waals surface area contributed by atoms with Crippen LogP contribution in [0.1, 0.15) is 6.92 Å². The second-order valence-electron chi connectivity index (χ2n) is 3.80. The third-order valence-corrected chi connectivity index (χ3v) is 2.57. The zero-order valence-electron chi connectivity index (χ0n) is 9.03. The van der Waals surface area contributed by atoms with Gasteiger partial charge in [0.2, 0.25) is 0 Å². The van der Waals surface area contributed by atoms with Gasteiger partial charge in [-0.25, -0.2) is 9.97 Å². The summed E-state index contributed by atoms with van der Waals surface area (Å²) in [5.74, 6) is 0.981. The van der Waals surface area contributed by atoms with Crippen LogP contribution in [0.25, 0.3) is 11.2 Å². The van der Waals surface area contributed by atoms with Gasteiger partial charge in [0.15, 0.2) is 11.2 Å². The van der Waals surface area contributed by atoms with Crippen molar-refractivity contribution in [3.05, 3.63) is 12.7 Å². The number of aromatic nitrogens is 4. The average Bonchev–Trinajstić information content (AvgIpc) is 2.64. The van der Waals surface area contributed by atoms with Gasteiger partial charge < -0.3 is 17.4 Å². The van der Waals surface area contributed by atoms with Crippen molar-refractivity contribution in [2.45, 2.75) is 6.92 Å². The Morgan fingerprint density at radius 2 is 2.00 bits per heavy atom. The fourth-order valence-electron chi connectivity index (χ4n) is 1.36. The van der Waals surface area contributed by atoms with E-state index in [0.717, 1.165) is 28.0 Å². The number of H-pyrrole nitrogens is 1. The largest absolute Gasteiger partial charge is 1.00 e. The Bertz CT molecular complexity index is 450. The van der Waals surface area contributed by atoms with Crippen molar-refractivity contribution in [1.82, 2.24) is 24.4 Å². The molecule has 82 valence electrons. The number of rotatable bonds is 2. The van der Waals surface area contributed by atoms with Gasteiger partial charge in [-0.15, -0.1) is 0 Å². The van der Waals surface area contributed by atoms with Gasteiger partial charge in [0, 0.05) is 0 Å². The lowest BCUT2D eigenvalue weighted by molar-refractivity contribution is -0.00000336. The molecule has 0 aliphatic rings. The minimum absolute atomic E-state index is 0. The molecule has 15 heavy (non-hydrogen) atoms. The molecule has 0 saturated heterocycles. The molecule has 2 heterocycles. The average molecular weight is 228 g/mol. The molecule has 1 N–H and O–H groups in total. The summed E-state index contributed by atoms with van der Waals surface area (Å²) in [4.78, 5) is 15.6. The molecule has 0 amide bonds. The highest BCUT2D eigenvalue weighted by molar-refractivity contribution is 5.81. The molecular formula is C9H14ClN5. The van der Waals surface area contributed by atoms with Crippen LogP contribution in [0.4, 0.5) is 5.82 Å². The van der Waals surface area contributed by atoms with E-state index in [1.165, 1.54) is 0 Å². The fourth-order valence-corrected chi connectivity index (χ4v) is 1.36. The highest BCUT2D eigenvalue weighted by atomic mass is 35.5. The maximum atomic E-state index is 4.31. The topological polar surface area (TPSA) is 54.5 Å². The molecule has 5 nitrogen and oxygen atoms in total. The molecular weight excluding hydrogens is 214 g/mol. The van der Waals surface area contributed by atoms with Gasteiger partial charge in [-0.2, -0.15) is 4.98 Å². The highest BCUT2D eigenvalue weighted by Crippen LogP contribution is 2.22. The van der Waals surface area contributed by atoms with Crippen molar-refractivity contribution >= 4 is 17.0 Å². The Balaban J connectivity index is 0.00000112. The van der Waals surface area contributed by atoms with E-state index in [1.54, 1.807) is 12.7 Å². The lowest BCUT2D eigenvalue weighted by Gasteiger charge is -2.25. The van der Waals surface area contributed by atoms with Crippen LogP contribution in [0.2, 0.25) is 0 Å². The molecule has 2 aromatic heterocycles. The van der Waals surface area contributed by atoms with Gasteiger partial charge in [-0.05, 0) is 6.92 Å². The molecule has 0 bridgehead atoms. The van der Waals surface area contributed by atoms with Crippen molar-refractivity contribution in [2.24, 2.45) is 0 Å². The van der Waals surface area contributed by atoms with Crippen LogP contribution >= 0.6 is 0 Å². The second kappa shape index (κ2) is 4.12. The molecule has 0 atom stereocenters. The summed E-state index contributed by atoms with van der Waals surface area (Å²) in [5.41, 5.74) is 1.66. The van der Waals surface area contributed by atoms with Crippen molar-refractivity contribution in [2.75, 3.05) is 20.6 Å². The SMILES string of the molecule is CC[N+](C)(C)c1ncnc2nc[nH]c12.[Cl-]. The molecule has 0 fully saturated rings. The molecule has 0 aliphatic carbocycles. The highest BCUT2D eigenvalue weighted by Gasteiger charge is 2.22. The number of nitrogens with zero attached hydrogens (tertiary/aromatic N) is 4. The summed E-state index contributed by atoms with van der Waals surface area (Å²) in [5, 5.41) is 0. The van der Waals surface area contributed by atoms with Crippen molar-refractivity contribution < 1.29 is 12.4 Å². The number of hydrogen-bond acceptors (Lipinski definition) is 3. The van der Waals surface area contributed by atoms with Crippen molar-refractivity contribution in [3.63, 3.8) is 0 Å². The summed E-state index contributed by atoms with van der Waals surface area (Å²) < 4.78 is 0.723. The third-order valence-electron chi connectivity index (χ3n) is 2.57. The molecule has 0 radical (unpaired) electrons. The minimum atomic E-state index is 0. The van der Waals surface area contributed by atoms with E-state index >= 15 is 0 Å². The van der Waals surface area contributed by atoms with E-state index in [0.29, 0.717) is 0 Å². The van der Waals surface area contributed by atoms with Gasteiger partial charge >= 0.3 is 0 Å². The quantitative estimate of drug-likeness (QED) is 0.601. The van der Waals surface area contributed by atoms with Gasteiger partial charge in [0.25, 0.3) is 5.82 Å². The van der Waals surface area contributed by atoms with Crippen molar-refractivity contribution in [1.29, 1.82) is 0 Å². The molecule has 0 unspecified atom stereocenters. The second-order valence-corrected chi connectivity index (χ2v) is 3.80. The lowest BCUT2D eigenvalue weighted by atomic mass is 10.4. The zero-order valence-corrected chi connectivity index (χ0v) is 9.78. The van der Waals surface area contributed by atoms with E-state index in [2.05, 4.69) is 41.0 Å². The van der Waals surface area contributed by atoms with E-state index in [4.69, 9.17) is 0 Å². The van der Waals surface area contributed by atoms with Crippen LogP contribution in [0.3, 0.4) is 0 Å². The lowest BCUT2D eigenvalue weighted by Crippen LogP contribution is -3.00. The summed E-state index contributed by atoms with van der Waals surface area (Å²) in [6.45, 7) is 3.11. The molecule has 2 rings (SSSR count). The Labute approximate surface area is 94.6 Å². The van der Waals surface area contributed by atoms with E-state index in [1.807, 2.05) is 0 Å². The van der Waals surface area contributed by atoms with Gasteiger partial charge in [-0.1, -0.05) is 0 Å². The summed E-state index contributed by atoms with van der Waals surface area (Å²) in [6.07, 6.45) is 3.21. The molecule has 2 aromatic rings. The number of nitrogens with one attached hydrogen (secondary N) is 1. The van der Waals surface area contributed by atoms with Crippen LogP contribution in [-0.2, 0) is 0 Å². The monoisotopic (exact) mass is 227 g/mol. The first-order valence-corrected chi connectivity index (χ1v) is 4.63. The molecule has 6 heteroatoms. The molecule has 0 aromatic carbocycles. The Morgan fingerprint density at radius 3 is 2.67 bits per heavy atom. The number of imidazole rings is 1. The van der Waals surface area contributed by atoms with Crippen molar-refractivity contribution in [3.8, 4) is 0 Å². The van der Waals surface area contributed by atoms with Gasteiger partial charge in [-0.3, -0.25) is 4.48 Å². The smallest absolute Gasteiger partial charge is 0.256 e. The predicted octanol–water partition coefficient (Wildman–Crippen LogP) is -2.06. The Hall–Kier alpha value is -1.20. The number of hydrogen-bond donors (Lipinski definition) is 1. The van der Waals surface area contributed by atoms with Gasteiger partial charge in [0.1, 0.15) is 6.33 Å². The normalized spacial score (nSPS) is 11.4. The number of quaternary nitrogens is 1. The van der Waals surface area contributed by atoms with Crippen LogP contribution in [-0.4, -0.2) is 40.6 Å². The molecule has 0 aliphatic heterocycles. The van der Waals surface area contributed by atoms with Crippen LogP contribution in [0, 0.1) is 0 Å². The number of fused-ring (bicyclic) bond motifs is 1. The van der Waals surface area contributed by atoms with Crippen LogP contribution in [0.5, 0.6) is 0 Å². The van der Waals surface area contributed by atoms with Crippen LogP contribution in [0.15, 0.2) is 12.7 Å². The number of halogens is 1. The number of aromatic amines is 1. The van der Waals surface area contributed by atoms with E-state index in [-0.39, 0.29) is 12.4 Å². The first kappa shape index (κ1) is 11.9. The predicted molar refractivity (Wildman–Crippen MR) is 55.9 cm³/mol. The summed E-state index contributed by atoms with van der Waals surface area (Å²) >= 11 is 0. The standard InChI is InChI=1S/C9H14N5.ClH/c1-4-14(2,3)9-7-8(11-5-10-7)12-6-13-9;/h5-6H,4H2,1-3H3,(H,10,11,12,13);1H/q+1;/p-1. The Morgan fingerprint density at radius 1 is 1.27 bits per heavy atom. The molecule has 0 saturated carbocycles. The van der Waals surface area contributed by atoms with Gasteiger partial charge in [0.05, 0.1) is 27.0 Å². The maximum Gasteiger partial charge on any atom is 0.256 e. The van der Waals surface area contributed by atoms with E-state index < -0.39 is 0 Å². The minimum Gasteiger partial charge on any atom is -1.00 e.